The van der Waals surface area contributed by atoms with E-state index in [2.05, 4.69) is 69.2 Å². The largest absolute Gasteiger partial charge is 0.294 e. The molecule has 0 N–H and O–H groups in total. The number of ketones is 2. The van der Waals surface area contributed by atoms with Crippen LogP contribution in [0.25, 0.3) is 11.2 Å². The lowest BCUT2D eigenvalue weighted by Crippen LogP contribution is -2.18. The summed E-state index contributed by atoms with van der Waals surface area (Å²) in [6, 6.07) is 0. The van der Waals surface area contributed by atoms with Gasteiger partial charge >= 0.3 is 0 Å². The maximum atomic E-state index is 13.8. The number of carbonyl (C=O) groups is 2. The Hall–Kier alpha value is -1.84. The van der Waals surface area contributed by atoms with E-state index >= 15 is 0 Å². The molecule has 204 valence electrons. The van der Waals surface area contributed by atoms with Crippen LogP contribution in [0.5, 0.6) is 0 Å². The third kappa shape index (κ3) is 8.35. The highest BCUT2D eigenvalue weighted by Gasteiger charge is 2.34. The highest BCUT2D eigenvalue weighted by molar-refractivity contribution is 6.16. The topological polar surface area (TPSA) is 60.4 Å². The van der Waals surface area contributed by atoms with E-state index in [1.807, 2.05) is 0 Å². The minimum absolute atomic E-state index is 0.0126. The quantitative estimate of drug-likeness (QED) is 0.147. The molecule has 0 saturated carbocycles. The molecule has 36 heavy (non-hydrogen) atoms. The van der Waals surface area contributed by atoms with Gasteiger partial charge in [-0.15, -0.1) is 0 Å². The molecule has 1 heterocycles. The lowest BCUT2D eigenvalue weighted by atomic mass is 9.80. The van der Waals surface area contributed by atoms with E-state index in [-0.39, 0.29) is 23.4 Å². The van der Waals surface area contributed by atoms with Crippen LogP contribution in [0.1, 0.15) is 177 Å². The third-order valence-electron chi connectivity index (χ3n) is 7.07. The Morgan fingerprint density at radius 2 is 1.00 bits per heavy atom. The molecule has 0 unspecified atom stereocenters. The molecule has 0 atom stereocenters. The summed E-state index contributed by atoms with van der Waals surface area (Å²) in [7, 11) is 0. The molecule has 0 bridgehead atoms. The summed E-state index contributed by atoms with van der Waals surface area (Å²) in [5, 5.41) is 0. The second-order valence-electron chi connectivity index (χ2n) is 13.8. The first-order valence-corrected chi connectivity index (χ1v) is 14.3. The molecule has 2 aromatic rings. The molecule has 0 radical (unpaired) electrons. The molecular formula is C32H52O4. The first-order valence-electron chi connectivity index (χ1n) is 14.3. The van der Waals surface area contributed by atoms with Crippen LogP contribution < -0.4 is 0 Å². The zero-order valence-corrected chi connectivity index (χ0v) is 24.9. The fourth-order valence-corrected chi connectivity index (χ4v) is 5.17. The van der Waals surface area contributed by atoms with Crippen LogP contribution in [0, 0.1) is 10.8 Å². The van der Waals surface area contributed by atoms with Crippen LogP contribution in [0.15, 0.2) is 9.15 Å². The van der Waals surface area contributed by atoms with Gasteiger partial charge in [0.1, 0.15) is 0 Å². The van der Waals surface area contributed by atoms with E-state index in [0.29, 0.717) is 46.0 Å². The van der Waals surface area contributed by atoms with Crippen LogP contribution in [0.2, 0.25) is 0 Å². The summed E-state index contributed by atoms with van der Waals surface area (Å²) in [6.45, 7) is 21.9. The van der Waals surface area contributed by atoms with Crippen molar-refractivity contribution in [1.29, 1.82) is 0 Å². The number of carbonyl (C=O) groups excluding carboxylic acids is 2. The van der Waals surface area contributed by atoms with Gasteiger partial charge in [-0.05, 0) is 53.9 Å². The average molecular weight is 501 g/mol. The number of unbranched alkanes of at least 4 members (excludes halogenated alkanes) is 4. The molecule has 0 fully saturated rings. The van der Waals surface area contributed by atoms with Crippen LogP contribution in [0.4, 0.5) is 0 Å². The smallest absolute Gasteiger partial charge is 0.237 e. The number of hydrogen-bond donors (Lipinski definition) is 0. The van der Waals surface area contributed by atoms with E-state index in [4.69, 9.17) is 9.15 Å². The van der Waals surface area contributed by atoms with Crippen LogP contribution in [-0.4, -0.2) is 11.6 Å². The van der Waals surface area contributed by atoms with E-state index < -0.39 is 0 Å². The first kappa shape index (κ1) is 30.4. The lowest BCUT2D eigenvalue weighted by Gasteiger charge is -2.24. The van der Waals surface area contributed by atoms with Gasteiger partial charge in [-0.2, -0.15) is 0 Å². The van der Waals surface area contributed by atoms with Gasteiger partial charge in [0, 0.05) is 24.0 Å². The molecule has 4 nitrogen and oxygen atoms in total. The van der Waals surface area contributed by atoms with Gasteiger partial charge in [-0.1, -0.05) is 94.9 Å². The Labute approximate surface area is 219 Å². The number of benzene rings is 1. The summed E-state index contributed by atoms with van der Waals surface area (Å²) >= 11 is 0. The molecule has 0 amide bonds. The van der Waals surface area contributed by atoms with Crippen molar-refractivity contribution in [2.45, 2.75) is 145 Å². The predicted octanol–water partition coefficient (Wildman–Crippen LogP) is 10.6. The van der Waals surface area contributed by atoms with Gasteiger partial charge in [0.15, 0.2) is 11.6 Å². The van der Waals surface area contributed by atoms with Gasteiger partial charge in [-0.3, -0.25) is 18.7 Å². The van der Waals surface area contributed by atoms with Gasteiger partial charge in [-0.25, -0.2) is 0 Å². The first-order chi connectivity index (χ1) is 16.6. The molecular weight excluding hydrogens is 448 g/mol. The molecule has 2 rings (SSSR count). The lowest BCUT2D eigenvalue weighted by molar-refractivity contribution is 0.0560. The Morgan fingerprint density at radius 1 is 0.583 bits per heavy atom. The van der Waals surface area contributed by atoms with Gasteiger partial charge in [0.2, 0.25) is 11.2 Å². The minimum Gasteiger partial charge on any atom is -0.294 e. The molecule has 1 aromatic heterocycles. The summed E-state index contributed by atoms with van der Waals surface area (Å²) in [6.07, 6.45) is 9.14. The monoisotopic (exact) mass is 500 g/mol. The number of fused-ring (bicyclic) bond motifs is 1. The average Bonchev–Trinajstić information content (AvgIpc) is 2.70. The SMILES string of the molecule is CC(C)c1c(C(=O)CCCCCC(C)(C)C)c(C(=O)CCCCCC(C)(C)C)c2ooc2c1C(C)C. The van der Waals surface area contributed by atoms with Crippen LogP contribution >= 0.6 is 0 Å². The zero-order valence-electron chi connectivity index (χ0n) is 24.9. The van der Waals surface area contributed by atoms with Crippen molar-refractivity contribution in [1.82, 2.24) is 0 Å². The Balaban J connectivity index is 2.33. The van der Waals surface area contributed by atoms with E-state index in [1.54, 1.807) is 0 Å². The Bertz CT molecular complexity index is 1000. The van der Waals surface area contributed by atoms with Crippen molar-refractivity contribution in [3.05, 3.63) is 22.3 Å². The third-order valence-corrected chi connectivity index (χ3v) is 7.07. The van der Waals surface area contributed by atoms with E-state index in [1.165, 1.54) is 0 Å². The Kier molecular flexibility index (Phi) is 10.6. The highest BCUT2D eigenvalue weighted by atomic mass is 17.0. The fraction of sp³-hybridized carbons (Fsp3) is 0.750. The van der Waals surface area contributed by atoms with Crippen LogP contribution in [0.3, 0.4) is 0 Å². The van der Waals surface area contributed by atoms with Crippen molar-refractivity contribution in [2.24, 2.45) is 10.8 Å². The fourth-order valence-electron chi connectivity index (χ4n) is 5.17. The van der Waals surface area contributed by atoms with Crippen molar-refractivity contribution < 1.29 is 18.7 Å². The molecule has 0 aliphatic rings. The molecule has 0 saturated heterocycles. The second-order valence-corrected chi connectivity index (χ2v) is 13.8. The van der Waals surface area contributed by atoms with E-state index in [0.717, 1.165) is 62.5 Å². The van der Waals surface area contributed by atoms with Gasteiger partial charge in [0.25, 0.3) is 0 Å². The number of rotatable bonds is 14. The van der Waals surface area contributed by atoms with Crippen molar-refractivity contribution in [3.8, 4) is 0 Å². The second kappa shape index (κ2) is 12.6. The normalized spacial score (nSPS) is 12.9. The summed E-state index contributed by atoms with van der Waals surface area (Å²) < 4.78 is 10.9. The standard InChI is InChI=1S/C32H52O4/c1-21(2)25-26(22(3)4)29-30(36-35-29)28(24(34)18-14-12-16-20-32(8,9)10)27(25)23(33)17-13-11-15-19-31(5,6)7/h21-22H,11-20H2,1-10H3. The zero-order chi connectivity index (χ0) is 27.3. The maximum absolute atomic E-state index is 13.8. The molecule has 0 aliphatic carbocycles. The van der Waals surface area contributed by atoms with Crippen molar-refractivity contribution >= 4 is 22.7 Å². The van der Waals surface area contributed by atoms with E-state index in [9.17, 15) is 9.59 Å². The number of Topliss-reactive ketones (excluding diaryl/α,β-unsaturated/α-hetero) is 2. The van der Waals surface area contributed by atoms with Crippen molar-refractivity contribution in [2.75, 3.05) is 0 Å². The van der Waals surface area contributed by atoms with Crippen molar-refractivity contribution in [3.63, 3.8) is 0 Å². The molecule has 4 heteroatoms. The molecule has 1 aromatic carbocycles. The number of hydrogen-bond acceptors (Lipinski definition) is 4. The van der Waals surface area contributed by atoms with Gasteiger partial charge < -0.3 is 0 Å². The van der Waals surface area contributed by atoms with Gasteiger partial charge in [0.05, 0.1) is 5.56 Å². The molecule has 0 spiro atoms. The Morgan fingerprint density at radius 3 is 1.36 bits per heavy atom. The molecule has 0 aliphatic heterocycles. The maximum Gasteiger partial charge on any atom is 0.237 e. The summed E-state index contributed by atoms with van der Waals surface area (Å²) in [5.41, 5.74) is 4.83. The summed E-state index contributed by atoms with van der Waals surface area (Å²) in [4.78, 5) is 27.3. The summed E-state index contributed by atoms with van der Waals surface area (Å²) in [5.74, 6) is 0.361. The minimum atomic E-state index is 0.0126. The highest BCUT2D eigenvalue weighted by Crippen LogP contribution is 2.42. The van der Waals surface area contributed by atoms with Crippen LogP contribution in [-0.2, 0) is 0 Å². The predicted molar refractivity (Wildman–Crippen MR) is 150 cm³/mol.